The maximum atomic E-state index is 11.8. The summed E-state index contributed by atoms with van der Waals surface area (Å²) in [7, 11) is 0. The van der Waals surface area contributed by atoms with Crippen molar-refractivity contribution >= 4 is 29.1 Å². The Hall–Kier alpha value is -0.810. The molecule has 0 spiro atoms. The van der Waals surface area contributed by atoms with Crippen LogP contribution in [0.3, 0.4) is 0 Å². The molecule has 0 aliphatic rings. The van der Waals surface area contributed by atoms with Crippen molar-refractivity contribution < 1.29 is 9.53 Å². The Morgan fingerprint density at radius 3 is 2.57 bits per heavy atom. The van der Waals surface area contributed by atoms with Gasteiger partial charge in [-0.1, -0.05) is 43.1 Å². The van der Waals surface area contributed by atoms with Gasteiger partial charge in [-0.25, -0.2) is 0 Å². The minimum Gasteiger partial charge on any atom is -0.378 e. The van der Waals surface area contributed by atoms with Gasteiger partial charge in [0.15, 0.2) is 0 Å². The highest BCUT2D eigenvalue weighted by Crippen LogP contribution is 2.23. The van der Waals surface area contributed by atoms with E-state index in [-0.39, 0.29) is 5.91 Å². The average molecular weight is 361 g/mol. The monoisotopic (exact) mass is 360 g/mol. The van der Waals surface area contributed by atoms with Crippen LogP contribution in [0.25, 0.3) is 0 Å². The summed E-state index contributed by atoms with van der Waals surface area (Å²) in [6.45, 7) is 9.04. The number of amides is 1. The van der Waals surface area contributed by atoms with Gasteiger partial charge in [0.25, 0.3) is 0 Å². The molecule has 6 heteroatoms. The Balaban J connectivity index is 2.09. The van der Waals surface area contributed by atoms with Crippen molar-refractivity contribution in [3.63, 3.8) is 0 Å². The van der Waals surface area contributed by atoms with Crippen LogP contribution >= 0.6 is 23.2 Å². The lowest BCUT2D eigenvalue weighted by atomic mass is 10.1. The van der Waals surface area contributed by atoms with Crippen LogP contribution in [-0.4, -0.2) is 50.2 Å². The first-order valence-corrected chi connectivity index (χ1v) is 8.83. The second-order valence-corrected chi connectivity index (χ2v) is 6.05. The lowest BCUT2D eigenvalue weighted by Crippen LogP contribution is -2.30. The van der Waals surface area contributed by atoms with Gasteiger partial charge >= 0.3 is 0 Å². The molecular formula is C17H26Cl2N2O2. The molecular weight excluding hydrogens is 335 g/mol. The molecule has 0 atom stereocenters. The lowest BCUT2D eigenvalue weighted by molar-refractivity contribution is -0.121. The molecule has 4 nitrogen and oxygen atoms in total. The SMILES string of the molecule is CCN(CC)CCOCCNC(=O)CCc1ccc(Cl)c(Cl)c1. The second-order valence-electron chi connectivity index (χ2n) is 5.24. The van der Waals surface area contributed by atoms with Gasteiger partial charge in [-0.2, -0.15) is 0 Å². The van der Waals surface area contributed by atoms with Crippen LogP contribution in [0.15, 0.2) is 18.2 Å². The van der Waals surface area contributed by atoms with Gasteiger partial charge in [0.1, 0.15) is 0 Å². The molecule has 0 heterocycles. The van der Waals surface area contributed by atoms with E-state index >= 15 is 0 Å². The number of likely N-dealkylation sites (N-methyl/N-ethyl adjacent to an activating group) is 1. The van der Waals surface area contributed by atoms with Crippen molar-refractivity contribution in [2.24, 2.45) is 0 Å². The number of halogens is 2. The van der Waals surface area contributed by atoms with E-state index in [0.29, 0.717) is 42.6 Å². The summed E-state index contributed by atoms with van der Waals surface area (Å²) in [6, 6.07) is 5.44. The molecule has 0 aliphatic carbocycles. The molecule has 0 saturated heterocycles. The van der Waals surface area contributed by atoms with Gasteiger partial charge in [-0.05, 0) is 37.2 Å². The number of hydrogen-bond donors (Lipinski definition) is 1. The van der Waals surface area contributed by atoms with E-state index in [1.807, 2.05) is 6.07 Å². The van der Waals surface area contributed by atoms with Crippen LogP contribution in [-0.2, 0) is 16.0 Å². The maximum absolute atomic E-state index is 11.8. The van der Waals surface area contributed by atoms with Crippen molar-refractivity contribution in [1.82, 2.24) is 10.2 Å². The molecule has 0 fully saturated rings. The number of benzene rings is 1. The van der Waals surface area contributed by atoms with Gasteiger partial charge in [0, 0.05) is 19.5 Å². The summed E-state index contributed by atoms with van der Waals surface area (Å²) >= 11 is 11.8. The zero-order chi connectivity index (χ0) is 17.1. The number of nitrogens with zero attached hydrogens (tertiary/aromatic N) is 1. The Bertz CT molecular complexity index is 480. The Labute approximate surface area is 149 Å². The fraction of sp³-hybridized carbons (Fsp3) is 0.588. The number of carbonyl (C=O) groups is 1. The largest absolute Gasteiger partial charge is 0.378 e. The van der Waals surface area contributed by atoms with E-state index < -0.39 is 0 Å². The molecule has 130 valence electrons. The maximum Gasteiger partial charge on any atom is 0.220 e. The number of rotatable bonds is 11. The number of hydrogen-bond acceptors (Lipinski definition) is 3. The number of ether oxygens (including phenoxy) is 1. The molecule has 1 aromatic carbocycles. The Kier molecular flexibility index (Phi) is 10.3. The molecule has 0 unspecified atom stereocenters. The molecule has 0 radical (unpaired) electrons. The number of nitrogens with one attached hydrogen (secondary N) is 1. The summed E-state index contributed by atoms with van der Waals surface area (Å²) in [5.74, 6) is 0.0171. The summed E-state index contributed by atoms with van der Waals surface area (Å²) in [4.78, 5) is 14.1. The molecule has 0 saturated carbocycles. The average Bonchev–Trinajstić information content (AvgIpc) is 2.55. The van der Waals surface area contributed by atoms with Gasteiger partial charge in [0.2, 0.25) is 5.91 Å². The fourth-order valence-electron chi connectivity index (χ4n) is 2.14. The van der Waals surface area contributed by atoms with Crippen LogP contribution < -0.4 is 5.32 Å². The minimum absolute atomic E-state index is 0.0171. The fourth-order valence-corrected chi connectivity index (χ4v) is 2.46. The third-order valence-corrected chi connectivity index (χ3v) is 4.38. The van der Waals surface area contributed by atoms with Crippen molar-refractivity contribution in [1.29, 1.82) is 0 Å². The van der Waals surface area contributed by atoms with Gasteiger partial charge in [-0.15, -0.1) is 0 Å². The van der Waals surface area contributed by atoms with Gasteiger partial charge in [0.05, 0.1) is 23.3 Å². The minimum atomic E-state index is 0.0171. The summed E-state index contributed by atoms with van der Waals surface area (Å²) < 4.78 is 5.52. The van der Waals surface area contributed by atoms with Crippen LogP contribution in [0.1, 0.15) is 25.8 Å². The van der Waals surface area contributed by atoms with E-state index in [0.717, 1.165) is 25.2 Å². The number of aryl methyl sites for hydroxylation is 1. The van der Waals surface area contributed by atoms with Crippen molar-refractivity contribution in [3.8, 4) is 0 Å². The van der Waals surface area contributed by atoms with Crippen LogP contribution in [0.4, 0.5) is 0 Å². The van der Waals surface area contributed by atoms with E-state index in [1.54, 1.807) is 12.1 Å². The highest BCUT2D eigenvalue weighted by Gasteiger charge is 2.04. The van der Waals surface area contributed by atoms with Gasteiger partial charge < -0.3 is 15.0 Å². The van der Waals surface area contributed by atoms with E-state index in [4.69, 9.17) is 27.9 Å². The molecule has 1 N–H and O–H groups in total. The zero-order valence-electron chi connectivity index (χ0n) is 13.9. The van der Waals surface area contributed by atoms with Crippen molar-refractivity contribution in [3.05, 3.63) is 33.8 Å². The normalized spacial score (nSPS) is 11.0. The zero-order valence-corrected chi connectivity index (χ0v) is 15.4. The first-order chi connectivity index (χ1) is 11.1. The molecule has 23 heavy (non-hydrogen) atoms. The third-order valence-electron chi connectivity index (χ3n) is 3.64. The smallest absolute Gasteiger partial charge is 0.220 e. The van der Waals surface area contributed by atoms with E-state index in [2.05, 4.69) is 24.1 Å². The molecule has 1 amide bonds. The van der Waals surface area contributed by atoms with Crippen molar-refractivity contribution in [2.45, 2.75) is 26.7 Å². The number of carbonyl (C=O) groups excluding carboxylic acids is 1. The van der Waals surface area contributed by atoms with Gasteiger partial charge in [-0.3, -0.25) is 4.79 Å². The third kappa shape index (κ3) is 8.56. The van der Waals surface area contributed by atoms with E-state index in [9.17, 15) is 4.79 Å². The van der Waals surface area contributed by atoms with Crippen LogP contribution in [0.2, 0.25) is 10.0 Å². The Morgan fingerprint density at radius 2 is 1.91 bits per heavy atom. The summed E-state index contributed by atoms with van der Waals surface area (Å²) in [5.41, 5.74) is 1.00. The summed E-state index contributed by atoms with van der Waals surface area (Å²) in [5, 5.41) is 3.91. The quantitative estimate of drug-likeness (QED) is 0.615. The predicted molar refractivity (Wildman–Crippen MR) is 96.4 cm³/mol. The van der Waals surface area contributed by atoms with Crippen LogP contribution in [0.5, 0.6) is 0 Å². The lowest BCUT2D eigenvalue weighted by Gasteiger charge is -2.17. The Morgan fingerprint density at radius 1 is 1.17 bits per heavy atom. The topological polar surface area (TPSA) is 41.6 Å². The van der Waals surface area contributed by atoms with Crippen molar-refractivity contribution in [2.75, 3.05) is 39.4 Å². The molecule has 0 aromatic heterocycles. The first kappa shape index (κ1) is 20.2. The highest BCUT2D eigenvalue weighted by molar-refractivity contribution is 6.42. The predicted octanol–water partition coefficient (Wildman–Crippen LogP) is 3.40. The second kappa shape index (κ2) is 11.7. The standard InChI is InChI=1S/C17H26Cl2N2O2/c1-3-21(4-2)10-12-23-11-9-20-17(22)8-6-14-5-7-15(18)16(19)13-14/h5,7,13H,3-4,6,8-12H2,1-2H3,(H,20,22). The van der Waals surface area contributed by atoms with Crippen LogP contribution in [0, 0.1) is 0 Å². The first-order valence-electron chi connectivity index (χ1n) is 8.07. The molecule has 1 rings (SSSR count). The molecule has 1 aromatic rings. The summed E-state index contributed by atoms with van der Waals surface area (Å²) in [6.07, 6.45) is 1.07. The highest BCUT2D eigenvalue weighted by atomic mass is 35.5. The molecule has 0 bridgehead atoms. The van der Waals surface area contributed by atoms with E-state index in [1.165, 1.54) is 0 Å². The molecule has 0 aliphatic heterocycles.